The molecular formula is C34H46F2N2O5. The Kier molecular flexibility index (Phi) is 12.5. The Morgan fingerprint density at radius 2 is 1.84 bits per heavy atom. The molecule has 0 bridgehead atoms. The fourth-order valence-corrected chi connectivity index (χ4v) is 6.22. The maximum absolute atomic E-state index is 14.1. The van der Waals surface area contributed by atoms with Crippen LogP contribution in [0.4, 0.5) is 8.78 Å². The molecule has 236 valence electrons. The second-order valence-corrected chi connectivity index (χ2v) is 11.9. The maximum atomic E-state index is 14.1. The molecule has 7 nitrogen and oxygen atoms in total. The van der Waals surface area contributed by atoms with Crippen molar-refractivity contribution in [3.05, 3.63) is 71.3 Å². The molecule has 0 saturated carbocycles. The number of benzene rings is 2. The number of aryl methyl sites for hydroxylation is 1. The molecule has 2 heterocycles. The fraction of sp³-hybridized carbons (Fsp3) is 0.588. The highest BCUT2D eigenvalue weighted by atomic mass is 19.1. The first-order valence-corrected chi connectivity index (χ1v) is 15.8. The minimum absolute atomic E-state index is 0.0406. The summed E-state index contributed by atoms with van der Waals surface area (Å²) in [6.07, 6.45) is 3.28. The number of nitrogens with zero attached hydrogens (tertiary/aromatic N) is 1. The molecule has 2 saturated heterocycles. The number of nitrogens with one attached hydrogen (secondary N) is 1. The Morgan fingerprint density at radius 1 is 1.09 bits per heavy atom. The molecule has 1 unspecified atom stereocenters. The summed E-state index contributed by atoms with van der Waals surface area (Å²) in [5, 5.41) is 14.7. The maximum Gasteiger partial charge on any atom is 0.329 e. The molecule has 0 radical (unpaired) electrons. The van der Waals surface area contributed by atoms with Crippen LogP contribution in [-0.2, 0) is 31.9 Å². The second-order valence-electron chi connectivity index (χ2n) is 11.9. The standard InChI is InChI=1S/C34H46F2N2O5/c1-3-5-11-25-14-15-38(33(25)40)30(13-12-23-9-7-6-8-10-23)34(41)43-31(19-24-17-26(35)20-27(36)18-24)32(39)29-21-28(22-37-29)42-16-4-2/h6-10,17-18,20,25,28-32,37,39H,3-5,11-16,19,21-22H2,1-2H3/t25-,28+,29+,30?,31-,32-/m0/s1. The summed E-state index contributed by atoms with van der Waals surface area (Å²) in [6, 6.07) is 11.6. The van der Waals surface area contributed by atoms with Gasteiger partial charge in [-0.25, -0.2) is 13.6 Å². The Balaban J connectivity index is 1.55. The summed E-state index contributed by atoms with van der Waals surface area (Å²) in [5.41, 5.74) is 1.30. The number of halogens is 2. The molecule has 4 rings (SSSR count). The van der Waals surface area contributed by atoms with Crippen molar-refractivity contribution in [2.45, 2.75) is 102 Å². The van der Waals surface area contributed by atoms with Crippen LogP contribution < -0.4 is 5.32 Å². The van der Waals surface area contributed by atoms with Gasteiger partial charge in [-0.1, -0.05) is 57.0 Å². The third-order valence-corrected chi connectivity index (χ3v) is 8.56. The summed E-state index contributed by atoms with van der Waals surface area (Å²) in [7, 11) is 0. The molecule has 2 aliphatic heterocycles. The lowest BCUT2D eigenvalue weighted by Gasteiger charge is -2.32. The number of aliphatic hydroxyl groups is 1. The smallest absolute Gasteiger partial charge is 0.329 e. The molecule has 6 atom stereocenters. The summed E-state index contributed by atoms with van der Waals surface area (Å²) < 4.78 is 40.1. The van der Waals surface area contributed by atoms with E-state index in [1.807, 2.05) is 37.3 Å². The van der Waals surface area contributed by atoms with Gasteiger partial charge in [-0.2, -0.15) is 0 Å². The third-order valence-electron chi connectivity index (χ3n) is 8.56. The fourth-order valence-electron chi connectivity index (χ4n) is 6.22. The topological polar surface area (TPSA) is 88.1 Å². The van der Waals surface area contributed by atoms with E-state index in [2.05, 4.69) is 12.2 Å². The highest BCUT2D eigenvalue weighted by Crippen LogP contribution is 2.28. The van der Waals surface area contributed by atoms with Crippen molar-refractivity contribution in [3.63, 3.8) is 0 Å². The Labute approximate surface area is 253 Å². The minimum atomic E-state index is -1.16. The van der Waals surface area contributed by atoms with Crippen molar-refractivity contribution in [1.29, 1.82) is 0 Å². The molecular weight excluding hydrogens is 554 g/mol. The van der Waals surface area contributed by atoms with Gasteiger partial charge in [-0.05, 0) is 61.8 Å². The van der Waals surface area contributed by atoms with Gasteiger partial charge in [0.1, 0.15) is 29.9 Å². The van der Waals surface area contributed by atoms with Gasteiger partial charge in [0.05, 0.1) is 6.10 Å². The normalized spacial score (nSPS) is 22.5. The van der Waals surface area contributed by atoms with E-state index >= 15 is 0 Å². The Hall–Kier alpha value is -2.88. The largest absolute Gasteiger partial charge is 0.458 e. The van der Waals surface area contributed by atoms with Gasteiger partial charge in [0.25, 0.3) is 0 Å². The van der Waals surface area contributed by atoms with Crippen molar-refractivity contribution in [1.82, 2.24) is 10.2 Å². The number of esters is 1. The van der Waals surface area contributed by atoms with Crippen LogP contribution in [0.2, 0.25) is 0 Å². The first-order chi connectivity index (χ1) is 20.8. The SMILES string of the molecule is CCCC[C@H]1CCN(C(CCc2ccccc2)C(=O)O[C@@H](Cc2cc(F)cc(F)c2)[C@@H](O)[C@H]2C[C@@H](OCCC)CN2)C1=O. The zero-order chi connectivity index (χ0) is 30.8. The average molecular weight is 601 g/mol. The number of hydrogen-bond acceptors (Lipinski definition) is 6. The molecule has 9 heteroatoms. The van der Waals surface area contributed by atoms with Crippen molar-refractivity contribution in [2.24, 2.45) is 5.92 Å². The van der Waals surface area contributed by atoms with Crippen LogP contribution in [-0.4, -0.2) is 72.0 Å². The van der Waals surface area contributed by atoms with E-state index in [4.69, 9.17) is 9.47 Å². The van der Waals surface area contributed by atoms with Crippen LogP contribution in [0.5, 0.6) is 0 Å². The number of hydrogen-bond donors (Lipinski definition) is 2. The molecule has 2 fully saturated rings. The highest BCUT2D eigenvalue weighted by molar-refractivity contribution is 5.87. The van der Waals surface area contributed by atoms with Crippen LogP contribution in [0, 0.1) is 17.6 Å². The van der Waals surface area contributed by atoms with Crippen LogP contribution in [0.15, 0.2) is 48.5 Å². The zero-order valence-corrected chi connectivity index (χ0v) is 25.4. The lowest BCUT2D eigenvalue weighted by molar-refractivity contribution is -0.165. The van der Waals surface area contributed by atoms with Crippen LogP contribution in [0.3, 0.4) is 0 Å². The summed E-state index contributed by atoms with van der Waals surface area (Å²) in [5.74, 6) is -2.27. The summed E-state index contributed by atoms with van der Waals surface area (Å²) >= 11 is 0. The van der Waals surface area contributed by atoms with E-state index in [0.717, 1.165) is 37.3 Å². The van der Waals surface area contributed by atoms with Crippen molar-refractivity contribution < 1.29 is 33.0 Å². The van der Waals surface area contributed by atoms with Gasteiger partial charge >= 0.3 is 5.97 Å². The van der Waals surface area contributed by atoms with Gasteiger partial charge in [-0.3, -0.25) is 4.79 Å². The molecule has 0 aromatic heterocycles. The molecule has 2 N–H and O–H groups in total. The van der Waals surface area contributed by atoms with Crippen LogP contribution in [0.1, 0.15) is 69.9 Å². The number of aliphatic hydroxyl groups excluding tert-OH is 1. The molecule has 1 amide bonds. The quantitative estimate of drug-likeness (QED) is 0.265. The van der Waals surface area contributed by atoms with Crippen molar-refractivity contribution in [2.75, 3.05) is 19.7 Å². The van der Waals surface area contributed by atoms with Gasteiger partial charge in [0, 0.05) is 44.1 Å². The summed E-state index contributed by atoms with van der Waals surface area (Å²) in [4.78, 5) is 29.0. The van der Waals surface area contributed by atoms with E-state index < -0.39 is 41.9 Å². The first kappa shape index (κ1) is 33.0. The number of carbonyl (C=O) groups is 2. The van der Waals surface area contributed by atoms with Crippen LogP contribution in [0.25, 0.3) is 0 Å². The molecule has 2 aliphatic rings. The van der Waals surface area contributed by atoms with Gasteiger partial charge in [0.15, 0.2) is 0 Å². The van der Waals surface area contributed by atoms with E-state index in [9.17, 15) is 23.5 Å². The summed E-state index contributed by atoms with van der Waals surface area (Å²) in [6.45, 7) is 5.71. The van der Waals surface area contributed by atoms with E-state index in [1.165, 1.54) is 12.1 Å². The molecule has 0 spiro atoms. The average Bonchev–Trinajstić information content (AvgIpc) is 3.61. The van der Waals surface area contributed by atoms with E-state index in [-0.39, 0.29) is 29.9 Å². The number of amides is 1. The lowest BCUT2D eigenvalue weighted by atomic mass is 9.96. The van der Waals surface area contributed by atoms with Gasteiger partial charge < -0.3 is 24.8 Å². The number of ether oxygens (including phenoxy) is 2. The number of carbonyl (C=O) groups excluding carboxylic acids is 2. The number of likely N-dealkylation sites (tertiary alicyclic amines) is 1. The lowest BCUT2D eigenvalue weighted by Crippen LogP contribution is -2.50. The van der Waals surface area contributed by atoms with Crippen molar-refractivity contribution >= 4 is 11.9 Å². The Morgan fingerprint density at radius 3 is 2.53 bits per heavy atom. The molecule has 2 aromatic rings. The predicted octanol–water partition coefficient (Wildman–Crippen LogP) is 4.98. The van der Waals surface area contributed by atoms with Gasteiger partial charge in [-0.15, -0.1) is 0 Å². The molecule has 2 aromatic carbocycles. The molecule has 0 aliphatic carbocycles. The predicted molar refractivity (Wildman–Crippen MR) is 160 cm³/mol. The zero-order valence-electron chi connectivity index (χ0n) is 25.4. The minimum Gasteiger partial charge on any atom is -0.458 e. The highest BCUT2D eigenvalue weighted by Gasteiger charge is 2.42. The molecule has 43 heavy (non-hydrogen) atoms. The van der Waals surface area contributed by atoms with E-state index in [0.29, 0.717) is 45.4 Å². The Bertz CT molecular complexity index is 1160. The van der Waals surface area contributed by atoms with E-state index in [1.54, 1.807) is 4.90 Å². The number of rotatable bonds is 16. The second kappa shape index (κ2) is 16.3. The van der Waals surface area contributed by atoms with Crippen molar-refractivity contribution in [3.8, 4) is 0 Å². The van der Waals surface area contributed by atoms with Gasteiger partial charge in [0.2, 0.25) is 5.91 Å². The third kappa shape index (κ3) is 9.30. The monoisotopic (exact) mass is 600 g/mol. The first-order valence-electron chi connectivity index (χ1n) is 15.8. The number of unbranched alkanes of at least 4 members (excludes halogenated alkanes) is 1. The van der Waals surface area contributed by atoms with Crippen LogP contribution >= 0.6 is 0 Å².